The molecule has 2 aromatic heterocycles. The van der Waals surface area contributed by atoms with E-state index in [2.05, 4.69) is 155 Å². The minimum absolute atomic E-state index is 0.0250. The molecule has 0 saturated carbocycles. The molecule has 5 N–H and O–H groups in total. The molecular weight excluding hydrogens is 1020 g/mol. The molecule has 78 heavy (non-hydrogen) atoms. The maximum absolute atomic E-state index is 12.6. The highest BCUT2D eigenvalue weighted by Gasteiger charge is 2.44. The summed E-state index contributed by atoms with van der Waals surface area (Å²) in [6, 6.07) is 29.8. The number of nitrogens with one attached hydrogen (secondary N) is 5. The van der Waals surface area contributed by atoms with E-state index in [1.807, 2.05) is 22.7 Å². The summed E-state index contributed by atoms with van der Waals surface area (Å²) in [6.07, 6.45) is 16.4. The summed E-state index contributed by atoms with van der Waals surface area (Å²) in [6.45, 7) is 3.07. The maximum atomic E-state index is 12.6. The van der Waals surface area contributed by atoms with E-state index in [9.17, 15) is 24.0 Å². The Kier molecular flexibility index (Phi) is 14.8. The van der Waals surface area contributed by atoms with Crippen LogP contribution in [-0.4, -0.2) is 87.6 Å². The molecule has 6 aromatic rings. The van der Waals surface area contributed by atoms with Gasteiger partial charge in [0.1, 0.15) is 33.1 Å². The van der Waals surface area contributed by atoms with Crippen molar-refractivity contribution in [3.63, 3.8) is 0 Å². The van der Waals surface area contributed by atoms with Crippen molar-refractivity contribution in [2.24, 2.45) is 0 Å². The second kappa shape index (κ2) is 22.6. The van der Waals surface area contributed by atoms with Crippen molar-refractivity contribution in [2.75, 3.05) is 55.6 Å². The lowest BCUT2D eigenvalue weighted by atomic mass is 9.87. The van der Waals surface area contributed by atoms with Gasteiger partial charge < -0.3 is 45.9 Å². The van der Waals surface area contributed by atoms with Gasteiger partial charge >= 0.3 is 0 Å². The zero-order chi connectivity index (χ0) is 53.1. The van der Waals surface area contributed by atoms with Gasteiger partial charge in [-0.25, -0.2) is 0 Å². The number of benzene rings is 4. The van der Waals surface area contributed by atoms with Gasteiger partial charge in [-0.3, -0.25) is 24.0 Å². The number of anilines is 2. The third-order valence-electron chi connectivity index (χ3n) is 15.4. The third-order valence-corrected chi connectivity index (χ3v) is 17.8. The summed E-state index contributed by atoms with van der Waals surface area (Å²) in [5.74, 6) is 0.0715. The summed E-state index contributed by atoms with van der Waals surface area (Å²) in [7, 11) is 0. The topological polar surface area (TPSA) is 178 Å². The number of rotatable bonds is 21. The highest BCUT2D eigenvalue weighted by molar-refractivity contribution is 7.19. The van der Waals surface area contributed by atoms with Crippen molar-refractivity contribution < 1.29 is 42.6 Å². The Balaban J connectivity index is 0.495. The molecule has 6 aliphatic rings. The van der Waals surface area contributed by atoms with E-state index in [4.69, 9.17) is 9.47 Å². The number of unbranched alkanes of at least 4 members (excludes halogenated alkanes) is 4. The van der Waals surface area contributed by atoms with Crippen LogP contribution in [-0.2, 0) is 37.1 Å². The fraction of sp³-hybridized carbons (Fsp3) is 0.350. The minimum Gasteiger partial charge on any atom is -0.484 e. The first-order valence-corrected chi connectivity index (χ1v) is 29.0. The molecule has 0 radical (unpaired) electrons. The van der Waals surface area contributed by atoms with Gasteiger partial charge in [-0.2, -0.15) is 9.13 Å². The monoisotopic (exact) mass is 1090 g/mol. The van der Waals surface area contributed by atoms with Gasteiger partial charge in [-0.1, -0.05) is 71.9 Å². The molecule has 12 rings (SSSR count). The Morgan fingerprint density at radius 1 is 0.500 bits per heavy atom. The lowest BCUT2D eigenvalue weighted by Crippen LogP contribution is -2.45. The van der Waals surface area contributed by atoms with Crippen molar-refractivity contribution in [3.8, 4) is 11.5 Å². The van der Waals surface area contributed by atoms with Crippen LogP contribution in [0.1, 0.15) is 85.4 Å². The molecule has 5 amide bonds. The highest BCUT2D eigenvalue weighted by atomic mass is 32.1. The molecule has 0 bridgehead atoms. The average Bonchev–Trinajstić information content (AvgIpc) is 4.20. The number of carbonyl (C=O) groups excluding carboxylic acids is 5. The normalized spacial score (nSPS) is 17.0. The molecule has 6 aliphatic heterocycles. The summed E-state index contributed by atoms with van der Waals surface area (Å²) in [5.41, 5.74) is 12.1. The minimum atomic E-state index is -0.543. The fourth-order valence-electron chi connectivity index (χ4n) is 11.6. The van der Waals surface area contributed by atoms with Gasteiger partial charge in [0, 0.05) is 98.7 Å². The number of para-hydroxylation sites is 2. The van der Waals surface area contributed by atoms with Crippen LogP contribution in [0, 0.1) is 0 Å². The molecule has 0 saturated heterocycles. The fourth-order valence-corrected chi connectivity index (χ4v) is 14.2. The first kappa shape index (κ1) is 51.0. The molecule has 0 fully saturated rings. The highest BCUT2D eigenvalue weighted by Crippen LogP contribution is 2.52. The van der Waals surface area contributed by atoms with Gasteiger partial charge in [0.25, 0.3) is 10.0 Å². The molecule has 400 valence electrons. The van der Waals surface area contributed by atoms with E-state index in [-0.39, 0.29) is 63.2 Å². The lowest BCUT2D eigenvalue weighted by molar-refractivity contribution is -0.674. The third kappa shape index (κ3) is 10.4. The predicted molar refractivity (Wildman–Crippen MR) is 304 cm³/mol. The van der Waals surface area contributed by atoms with Crippen molar-refractivity contribution in [2.45, 2.75) is 89.5 Å². The Morgan fingerprint density at radius 3 is 1.44 bits per heavy atom. The van der Waals surface area contributed by atoms with E-state index in [1.54, 1.807) is 0 Å². The number of aromatic nitrogens is 2. The Labute approximate surface area is 460 Å². The predicted octanol–water partition coefficient (Wildman–Crippen LogP) is 6.91. The van der Waals surface area contributed by atoms with Gasteiger partial charge in [0.05, 0.1) is 42.2 Å². The average molecular weight is 1090 g/mol. The van der Waals surface area contributed by atoms with E-state index in [0.29, 0.717) is 12.8 Å². The number of ether oxygens (including phenoxy) is 2. The summed E-state index contributed by atoms with van der Waals surface area (Å²) in [5, 5.41) is 15.7. The molecule has 16 nitrogen and oxygen atoms in total. The number of aryl methyl sites for hydroxylation is 2. The zero-order valence-corrected chi connectivity index (χ0v) is 45.1. The van der Waals surface area contributed by atoms with Crippen molar-refractivity contribution in [1.29, 1.82) is 0 Å². The molecule has 18 heteroatoms. The number of allylic oxidation sites excluding steroid dienone is 4. The number of fused-ring (bicyclic) bond motifs is 10. The summed E-state index contributed by atoms with van der Waals surface area (Å²) in [4.78, 5) is 66.8. The number of thiazole rings is 2. The SMILES string of the molecule is O=C(CCCCCN1C=CC2=C3c4sc5ccccc5[n+]4CCC3Oc3cccc1c32)NCCNC(=O)CNC(=O)CNC(=O)CNC(=O)CCCCCN1C=CC2=C3c4sc5ccccc5[n+]4CCC3Oc3cccc1c32. The zero-order valence-electron chi connectivity index (χ0n) is 43.4. The first-order valence-electron chi connectivity index (χ1n) is 27.4. The van der Waals surface area contributed by atoms with Crippen LogP contribution >= 0.6 is 22.7 Å². The number of hydrogen-bond acceptors (Lipinski definition) is 11. The van der Waals surface area contributed by atoms with Crippen LogP contribution in [0.5, 0.6) is 11.5 Å². The van der Waals surface area contributed by atoms with Gasteiger partial charge in [-0.15, -0.1) is 0 Å². The van der Waals surface area contributed by atoms with E-state index in [1.165, 1.54) is 52.7 Å². The molecule has 2 atom stereocenters. The van der Waals surface area contributed by atoms with Crippen LogP contribution in [0.2, 0.25) is 0 Å². The lowest BCUT2D eigenvalue weighted by Gasteiger charge is -2.36. The second-order valence-electron chi connectivity index (χ2n) is 20.5. The number of amides is 5. The van der Waals surface area contributed by atoms with Crippen LogP contribution in [0.25, 0.3) is 42.7 Å². The Morgan fingerprint density at radius 2 is 0.936 bits per heavy atom. The quantitative estimate of drug-likeness (QED) is 0.0379. The largest absolute Gasteiger partial charge is 0.484 e. The maximum Gasteiger partial charge on any atom is 0.270 e. The van der Waals surface area contributed by atoms with E-state index in [0.717, 1.165) is 105 Å². The Bertz CT molecular complexity index is 3500. The smallest absolute Gasteiger partial charge is 0.270 e. The van der Waals surface area contributed by atoms with Crippen LogP contribution in [0.15, 0.2) is 109 Å². The second-order valence-corrected chi connectivity index (χ2v) is 22.5. The standard InChI is InChI=1S/C60H61N9O7S2/c70-50(21-3-1-9-29-66-31-23-38-55-42(66)15-11-17-44(55)75-46-25-33-68-40-13-5-7-19-48(40)77-59(68)57(38)46)61-27-28-62-52(72)35-64-54(74)37-65-53(73)36-63-51(71)22-4-2-10-30-67-32-24-39-56-43(67)16-12-18-45(56)76-47-26-34-69-41-14-6-8-20-49(41)78-60(69)58(39)47/h5-8,11-20,23-24,31-32,46-47H,1-4,9-10,21-22,25-30,33-37H2,(H3-2,61,62,63,64,65,70,71,72,73,74)/p+2. The van der Waals surface area contributed by atoms with Gasteiger partial charge in [0.15, 0.2) is 13.1 Å². The molecule has 0 aliphatic carbocycles. The Hall–Kier alpha value is -7.83. The van der Waals surface area contributed by atoms with Crippen molar-refractivity contribution >= 4 is 106 Å². The molecule has 4 aromatic carbocycles. The number of nitrogens with zero attached hydrogens (tertiary/aromatic N) is 4. The summed E-state index contributed by atoms with van der Waals surface area (Å²) >= 11 is 3.67. The van der Waals surface area contributed by atoms with Crippen LogP contribution in [0.3, 0.4) is 0 Å². The van der Waals surface area contributed by atoms with Gasteiger partial charge in [0.2, 0.25) is 40.6 Å². The molecule has 0 spiro atoms. The number of hydrogen-bond donors (Lipinski definition) is 5. The first-order chi connectivity index (χ1) is 38.3. The van der Waals surface area contributed by atoms with Crippen LogP contribution in [0.4, 0.5) is 11.4 Å². The molecule has 8 heterocycles. The van der Waals surface area contributed by atoms with E-state index < -0.39 is 17.7 Å². The number of carbonyl (C=O) groups is 5. The molecule has 2 unspecified atom stereocenters. The van der Waals surface area contributed by atoms with Gasteiger partial charge in [-0.05, 0) is 74.2 Å². The van der Waals surface area contributed by atoms with Crippen molar-refractivity contribution in [3.05, 3.63) is 131 Å². The summed E-state index contributed by atoms with van der Waals surface area (Å²) < 4.78 is 20.8. The van der Waals surface area contributed by atoms with E-state index >= 15 is 0 Å². The molecular formula is C60H63N9O7S2+2. The van der Waals surface area contributed by atoms with Crippen LogP contribution < -0.4 is 55.0 Å². The van der Waals surface area contributed by atoms with Crippen molar-refractivity contribution in [1.82, 2.24) is 26.6 Å².